The molecule has 3 N–H and O–H groups in total. The van der Waals surface area contributed by atoms with Crippen molar-refractivity contribution in [3.05, 3.63) is 29.8 Å². The Labute approximate surface area is 131 Å². The summed E-state index contributed by atoms with van der Waals surface area (Å²) in [5.74, 6) is 0.143. The zero-order valence-electron chi connectivity index (χ0n) is 13.2. The van der Waals surface area contributed by atoms with Gasteiger partial charge in [-0.2, -0.15) is 0 Å². The second-order valence-electron chi connectivity index (χ2n) is 5.70. The molecule has 122 valence electrons. The number of nitrogens with one attached hydrogen (secondary N) is 2. The molecule has 1 aromatic rings. The van der Waals surface area contributed by atoms with Crippen LogP contribution in [0.3, 0.4) is 0 Å². The van der Waals surface area contributed by atoms with Crippen molar-refractivity contribution in [2.75, 3.05) is 20.7 Å². The Morgan fingerprint density at radius 3 is 2.68 bits per heavy atom. The van der Waals surface area contributed by atoms with E-state index in [0.717, 1.165) is 31.6 Å². The molecule has 6 nitrogen and oxygen atoms in total. The van der Waals surface area contributed by atoms with E-state index in [1.165, 1.54) is 5.56 Å². The van der Waals surface area contributed by atoms with Crippen LogP contribution in [0.15, 0.2) is 24.3 Å². The van der Waals surface area contributed by atoms with E-state index in [-0.39, 0.29) is 18.6 Å². The fourth-order valence-corrected chi connectivity index (χ4v) is 2.68. The predicted octanol–water partition coefficient (Wildman–Crippen LogP) is 1.75. The zero-order valence-corrected chi connectivity index (χ0v) is 13.2. The van der Waals surface area contributed by atoms with Gasteiger partial charge in [-0.1, -0.05) is 12.1 Å². The number of benzene rings is 1. The lowest BCUT2D eigenvalue weighted by molar-refractivity contribution is -0.137. The average molecular weight is 307 g/mol. The van der Waals surface area contributed by atoms with E-state index >= 15 is 0 Å². The van der Waals surface area contributed by atoms with Crippen molar-refractivity contribution >= 4 is 5.97 Å². The number of carbonyl (C=O) groups is 1. The Hall–Kier alpha value is -1.63. The van der Waals surface area contributed by atoms with Gasteiger partial charge >= 0.3 is 5.97 Å². The van der Waals surface area contributed by atoms with E-state index in [9.17, 15) is 4.79 Å². The van der Waals surface area contributed by atoms with E-state index in [0.29, 0.717) is 0 Å². The van der Waals surface area contributed by atoms with Gasteiger partial charge < -0.3 is 9.84 Å². The maximum absolute atomic E-state index is 10.5. The predicted molar refractivity (Wildman–Crippen MR) is 84.5 cm³/mol. The van der Waals surface area contributed by atoms with E-state index in [1.807, 2.05) is 12.1 Å². The molecule has 0 aliphatic carbocycles. The quantitative estimate of drug-likeness (QED) is 0.635. The highest BCUT2D eigenvalue weighted by Crippen LogP contribution is 2.25. The summed E-state index contributed by atoms with van der Waals surface area (Å²) in [6, 6.07) is 8.37. The minimum Gasteiger partial charge on any atom is -0.497 e. The van der Waals surface area contributed by atoms with Gasteiger partial charge in [0.15, 0.2) is 0 Å². The lowest BCUT2D eigenvalue weighted by Crippen LogP contribution is -2.42. The van der Waals surface area contributed by atoms with Crippen LogP contribution in [-0.2, 0) is 4.79 Å². The molecular weight excluding hydrogens is 282 g/mol. The van der Waals surface area contributed by atoms with Gasteiger partial charge in [0.25, 0.3) is 0 Å². The average Bonchev–Trinajstić information content (AvgIpc) is 3.01. The molecular formula is C16H25N3O3. The third-order valence-electron chi connectivity index (χ3n) is 4.08. The molecule has 2 unspecified atom stereocenters. The first-order chi connectivity index (χ1) is 10.6. The molecule has 22 heavy (non-hydrogen) atoms. The number of hydrogen-bond acceptors (Lipinski definition) is 5. The van der Waals surface area contributed by atoms with Crippen molar-refractivity contribution in [2.45, 2.75) is 37.9 Å². The minimum atomic E-state index is -0.720. The summed E-state index contributed by atoms with van der Waals surface area (Å²) in [6.45, 7) is 0.891. The lowest BCUT2D eigenvalue weighted by Gasteiger charge is -2.23. The van der Waals surface area contributed by atoms with Gasteiger partial charge in [-0.05, 0) is 50.6 Å². The van der Waals surface area contributed by atoms with Crippen molar-refractivity contribution < 1.29 is 14.6 Å². The molecule has 1 aliphatic rings. The number of ether oxygens (including phenoxy) is 1. The Morgan fingerprint density at radius 2 is 2.05 bits per heavy atom. The first-order valence-electron chi connectivity index (χ1n) is 7.67. The standard InChI is InChI=1S/C16H25N3O3/c1-19(10-4-3-5-16(20)21)15-11-14(17-18-15)12-6-8-13(22-2)9-7-12/h6-9,14-15,17-18H,3-5,10-11H2,1-2H3,(H,20,21). The highest BCUT2D eigenvalue weighted by atomic mass is 16.5. The summed E-state index contributed by atoms with van der Waals surface area (Å²) in [5, 5.41) is 8.64. The maximum Gasteiger partial charge on any atom is 0.303 e. The largest absolute Gasteiger partial charge is 0.497 e. The number of carboxylic acids is 1. The molecule has 0 spiro atoms. The second kappa shape index (κ2) is 8.12. The van der Waals surface area contributed by atoms with Crippen LogP contribution in [0.2, 0.25) is 0 Å². The van der Waals surface area contributed by atoms with Crippen LogP contribution in [0, 0.1) is 0 Å². The number of unbranched alkanes of at least 4 members (excludes halogenated alkanes) is 1. The van der Waals surface area contributed by atoms with Gasteiger partial charge in [0.05, 0.1) is 13.3 Å². The highest BCUT2D eigenvalue weighted by Gasteiger charge is 2.27. The summed E-state index contributed by atoms with van der Waals surface area (Å²) < 4.78 is 5.18. The topological polar surface area (TPSA) is 73.8 Å². The van der Waals surface area contributed by atoms with Crippen molar-refractivity contribution in [2.24, 2.45) is 0 Å². The fourth-order valence-electron chi connectivity index (χ4n) is 2.68. The number of methoxy groups -OCH3 is 1. The molecule has 0 aromatic heterocycles. The lowest BCUT2D eigenvalue weighted by atomic mass is 10.0. The first kappa shape index (κ1) is 16.7. The molecule has 0 saturated carbocycles. The number of carboxylic acid groups (broad SMARTS) is 1. The van der Waals surface area contributed by atoms with Gasteiger partial charge in [0.1, 0.15) is 5.75 Å². The smallest absolute Gasteiger partial charge is 0.303 e. The van der Waals surface area contributed by atoms with Crippen LogP contribution in [0.1, 0.15) is 37.3 Å². The Kier molecular flexibility index (Phi) is 6.18. The Balaban J connectivity index is 1.77. The minimum absolute atomic E-state index is 0.249. The number of hydrogen-bond donors (Lipinski definition) is 3. The monoisotopic (exact) mass is 307 g/mol. The summed E-state index contributed by atoms with van der Waals surface area (Å²) in [5.41, 5.74) is 7.87. The van der Waals surface area contributed by atoms with E-state index in [1.54, 1.807) is 7.11 Å². The zero-order chi connectivity index (χ0) is 15.9. The summed E-state index contributed by atoms with van der Waals surface area (Å²) >= 11 is 0. The molecule has 0 radical (unpaired) electrons. The second-order valence-corrected chi connectivity index (χ2v) is 5.70. The molecule has 2 atom stereocenters. The molecule has 1 heterocycles. The Morgan fingerprint density at radius 1 is 1.32 bits per heavy atom. The van der Waals surface area contributed by atoms with E-state index in [4.69, 9.17) is 9.84 Å². The van der Waals surface area contributed by atoms with Gasteiger partial charge in [-0.15, -0.1) is 0 Å². The molecule has 1 fully saturated rings. The van der Waals surface area contributed by atoms with Crippen LogP contribution in [0.25, 0.3) is 0 Å². The van der Waals surface area contributed by atoms with Crippen LogP contribution >= 0.6 is 0 Å². The van der Waals surface area contributed by atoms with E-state index < -0.39 is 5.97 Å². The van der Waals surface area contributed by atoms with Crippen LogP contribution in [0.4, 0.5) is 0 Å². The number of hydrazine groups is 1. The Bertz CT molecular complexity index is 478. The molecule has 1 aliphatic heterocycles. The molecule has 1 aromatic carbocycles. The fraction of sp³-hybridized carbons (Fsp3) is 0.562. The van der Waals surface area contributed by atoms with Crippen molar-refractivity contribution in [3.63, 3.8) is 0 Å². The highest BCUT2D eigenvalue weighted by molar-refractivity contribution is 5.66. The normalized spacial score (nSPS) is 21.2. The van der Waals surface area contributed by atoms with Crippen LogP contribution < -0.4 is 15.6 Å². The molecule has 2 rings (SSSR count). The summed E-state index contributed by atoms with van der Waals surface area (Å²) in [7, 11) is 3.73. The third-order valence-corrected chi connectivity index (χ3v) is 4.08. The SMILES string of the molecule is COc1ccc(C2CC(N(C)CCCCC(=O)O)NN2)cc1. The van der Waals surface area contributed by atoms with Gasteiger partial charge in [-0.25, -0.2) is 10.9 Å². The van der Waals surface area contributed by atoms with Gasteiger partial charge in [0, 0.05) is 12.5 Å². The van der Waals surface area contributed by atoms with Crippen molar-refractivity contribution in [1.29, 1.82) is 0 Å². The maximum atomic E-state index is 10.5. The van der Waals surface area contributed by atoms with Gasteiger partial charge in [-0.3, -0.25) is 9.69 Å². The van der Waals surface area contributed by atoms with Crippen molar-refractivity contribution in [3.8, 4) is 5.75 Å². The third kappa shape index (κ3) is 4.69. The summed E-state index contributed by atoms with van der Waals surface area (Å²) in [6.07, 6.45) is 3.10. The summed E-state index contributed by atoms with van der Waals surface area (Å²) in [4.78, 5) is 12.7. The molecule has 0 bridgehead atoms. The number of aliphatic carboxylic acids is 1. The molecule has 6 heteroatoms. The van der Waals surface area contributed by atoms with Gasteiger partial charge in [0.2, 0.25) is 0 Å². The molecule has 1 saturated heterocycles. The van der Waals surface area contributed by atoms with Crippen molar-refractivity contribution in [1.82, 2.24) is 15.8 Å². The van der Waals surface area contributed by atoms with Crippen LogP contribution in [0.5, 0.6) is 5.75 Å². The number of rotatable bonds is 8. The van der Waals surface area contributed by atoms with E-state index in [2.05, 4.69) is 34.9 Å². The molecule has 0 amide bonds. The van der Waals surface area contributed by atoms with Crippen LogP contribution in [-0.4, -0.2) is 42.8 Å². The number of nitrogens with zero attached hydrogens (tertiary/aromatic N) is 1. The first-order valence-corrected chi connectivity index (χ1v) is 7.67.